The Labute approximate surface area is 392 Å². The molecule has 0 aromatic rings. The van der Waals surface area contributed by atoms with Crippen LogP contribution in [-0.4, -0.2) is 47.4 Å². The fourth-order valence-electron chi connectivity index (χ4n) is 8.63. The minimum Gasteiger partial charge on any atom is -0.466 e. The highest BCUT2D eigenvalue weighted by Gasteiger charge is 2.18. The van der Waals surface area contributed by atoms with Crippen LogP contribution in [0.25, 0.3) is 0 Å². The summed E-state index contributed by atoms with van der Waals surface area (Å²) in [5, 5.41) is 22.9. The summed E-state index contributed by atoms with van der Waals surface area (Å²) in [7, 11) is 0. The molecule has 6 heteroatoms. The highest BCUT2D eigenvalue weighted by atomic mass is 16.5. The first kappa shape index (κ1) is 61.3. The lowest BCUT2D eigenvalue weighted by Gasteiger charge is -2.20. The van der Waals surface area contributed by atoms with Gasteiger partial charge in [0.05, 0.1) is 25.4 Å². The number of hydrogen-bond acceptors (Lipinski definition) is 5. The van der Waals surface area contributed by atoms with Crippen molar-refractivity contribution in [3.05, 3.63) is 24.3 Å². The molecule has 2 atom stereocenters. The molecule has 0 saturated carbocycles. The Balaban J connectivity index is 3.34. The van der Waals surface area contributed by atoms with E-state index in [0.29, 0.717) is 19.4 Å². The molecule has 63 heavy (non-hydrogen) atoms. The van der Waals surface area contributed by atoms with E-state index in [9.17, 15) is 19.8 Å². The van der Waals surface area contributed by atoms with Gasteiger partial charge in [-0.05, 0) is 57.8 Å². The van der Waals surface area contributed by atoms with E-state index in [1.807, 2.05) is 6.08 Å². The Morgan fingerprint density at radius 2 is 0.746 bits per heavy atom. The molecular weight excluding hydrogens is 779 g/mol. The molecule has 0 spiro atoms. The number of hydrogen-bond donors (Lipinski definition) is 3. The monoisotopic (exact) mass is 888 g/mol. The number of nitrogens with one attached hydrogen (secondary N) is 1. The number of aliphatic hydroxyl groups excluding tert-OH is 2. The van der Waals surface area contributed by atoms with E-state index in [2.05, 4.69) is 31.3 Å². The van der Waals surface area contributed by atoms with Gasteiger partial charge in [0.2, 0.25) is 5.91 Å². The van der Waals surface area contributed by atoms with Crippen LogP contribution in [0.5, 0.6) is 0 Å². The molecule has 0 aromatic heterocycles. The van der Waals surface area contributed by atoms with Crippen LogP contribution in [0.2, 0.25) is 0 Å². The summed E-state index contributed by atoms with van der Waals surface area (Å²) in [5.41, 5.74) is 0. The van der Waals surface area contributed by atoms with E-state index < -0.39 is 12.1 Å². The third-order valence-corrected chi connectivity index (χ3v) is 13.0. The summed E-state index contributed by atoms with van der Waals surface area (Å²) in [4.78, 5) is 24.4. The maximum absolute atomic E-state index is 12.4. The van der Waals surface area contributed by atoms with E-state index in [1.54, 1.807) is 6.08 Å². The fourth-order valence-corrected chi connectivity index (χ4v) is 8.63. The lowest BCUT2D eigenvalue weighted by atomic mass is 10.0. The maximum Gasteiger partial charge on any atom is 0.305 e. The molecule has 0 aliphatic carbocycles. The van der Waals surface area contributed by atoms with Crippen molar-refractivity contribution in [1.29, 1.82) is 0 Å². The van der Waals surface area contributed by atoms with Crippen LogP contribution >= 0.6 is 0 Å². The van der Waals surface area contributed by atoms with E-state index >= 15 is 0 Å². The van der Waals surface area contributed by atoms with Gasteiger partial charge in [0, 0.05) is 12.8 Å². The Kier molecular flexibility index (Phi) is 51.6. The molecule has 1 amide bonds. The number of ether oxygens (including phenoxy) is 1. The molecule has 0 aromatic carbocycles. The lowest BCUT2D eigenvalue weighted by Crippen LogP contribution is -2.45. The minimum absolute atomic E-state index is 0.00552. The van der Waals surface area contributed by atoms with Gasteiger partial charge in [-0.2, -0.15) is 0 Å². The van der Waals surface area contributed by atoms with Gasteiger partial charge in [-0.15, -0.1) is 0 Å². The summed E-state index contributed by atoms with van der Waals surface area (Å²) >= 11 is 0. The van der Waals surface area contributed by atoms with Crippen molar-refractivity contribution in [3.8, 4) is 0 Å². The Hall–Kier alpha value is -1.66. The number of carbonyl (C=O) groups excluding carboxylic acids is 2. The number of carbonyl (C=O) groups is 2. The second-order valence-electron chi connectivity index (χ2n) is 19.3. The van der Waals surface area contributed by atoms with Gasteiger partial charge in [-0.25, -0.2) is 0 Å². The average Bonchev–Trinajstić information content (AvgIpc) is 3.28. The average molecular weight is 889 g/mol. The van der Waals surface area contributed by atoms with Crippen LogP contribution in [0, 0.1) is 0 Å². The third-order valence-electron chi connectivity index (χ3n) is 13.0. The van der Waals surface area contributed by atoms with Gasteiger partial charge >= 0.3 is 5.97 Å². The molecule has 0 heterocycles. The number of unbranched alkanes of at least 4 members (excludes halogenated alkanes) is 39. The number of amides is 1. The quantitative estimate of drug-likeness (QED) is 0.0321. The predicted molar refractivity (Wildman–Crippen MR) is 273 cm³/mol. The zero-order valence-electron chi connectivity index (χ0n) is 42.3. The standard InChI is InChI=1S/C57H109NO5/c1-3-5-7-9-11-13-14-31-35-39-43-47-51-57(62)63-52-48-44-40-36-32-29-27-25-23-21-19-17-15-16-18-20-22-24-26-28-30-34-38-42-46-50-56(61)58-54(53-59)55(60)49-45-41-37-33-12-10-8-6-4-2/h11,13,45,49,54-55,59-60H,3-10,12,14-44,46-48,50-53H2,1-2H3,(H,58,61)/b13-11-,49-45+. The topological polar surface area (TPSA) is 95.9 Å². The smallest absolute Gasteiger partial charge is 0.305 e. The maximum atomic E-state index is 12.4. The highest BCUT2D eigenvalue weighted by molar-refractivity contribution is 5.76. The fraction of sp³-hybridized carbons (Fsp3) is 0.895. The Morgan fingerprint density at radius 3 is 1.16 bits per heavy atom. The Morgan fingerprint density at radius 1 is 0.429 bits per heavy atom. The van der Waals surface area contributed by atoms with Crippen LogP contribution in [0.1, 0.15) is 303 Å². The second-order valence-corrected chi connectivity index (χ2v) is 19.3. The molecular formula is C57H109NO5. The van der Waals surface area contributed by atoms with Crippen molar-refractivity contribution in [2.45, 2.75) is 315 Å². The number of rotatable bonds is 52. The molecule has 0 aliphatic rings. The summed E-state index contributed by atoms with van der Waals surface area (Å²) in [6.45, 7) is 4.86. The van der Waals surface area contributed by atoms with Crippen molar-refractivity contribution < 1.29 is 24.5 Å². The third kappa shape index (κ3) is 49.6. The summed E-state index contributed by atoms with van der Waals surface area (Å²) in [6, 6.07) is -0.624. The van der Waals surface area contributed by atoms with Gasteiger partial charge in [-0.3, -0.25) is 9.59 Å². The lowest BCUT2D eigenvalue weighted by molar-refractivity contribution is -0.143. The molecule has 372 valence electrons. The van der Waals surface area contributed by atoms with Gasteiger partial charge in [0.15, 0.2) is 0 Å². The summed E-state index contributed by atoms with van der Waals surface area (Å²) in [5.74, 6) is -0.0631. The SMILES string of the molecule is CCCCC/C=C\CCCCCCCC(=O)OCCCCCCCCCCCCCCCCCCCCCCCCCCCC(=O)NC(CO)C(O)/C=C/CCCCCCCCC. The Bertz CT molecular complexity index is 982. The first-order chi connectivity index (χ1) is 31.0. The molecule has 6 nitrogen and oxygen atoms in total. The molecule has 2 unspecified atom stereocenters. The van der Waals surface area contributed by atoms with Gasteiger partial charge in [0.25, 0.3) is 0 Å². The molecule has 0 fully saturated rings. The molecule has 3 N–H and O–H groups in total. The zero-order valence-corrected chi connectivity index (χ0v) is 42.3. The zero-order chi connectivity index (χ0) is 45.8. The molecule has 0 radical (unpaired) electrons. The first-order valence-corrected chi connectivity index (χ1v) is 28.1. The molecule has 0 aliphatic heterocycles. The van der Waals surface area contributed by atoms with Crippen LogP contribution < -0.4 is 5.32 Å². The second kappa shape index (κ2) is 53.0. The first-order valence-electron chi connectivity index (χ1n) is 28.1. The summed E-state index contributed by atoms with van der Waals surface area (Å²) in [6.07, 6.45) is 63.6. The van der Waals surface area contributed by atoms with Crippen LogP contribution in [0.3, 0.4) is 0 Å². The normalized spacial score (nSPS) is 12.8. The predicted octanol–water partition coefficient (Wildman–Crippen LogP) is 17.1. The number of esters is 1. The highest BCUT2D eigenvalue weighted by Crippen LogP contribution is 2.17. The van der Waals surface area contributed by atoms with E-state index in [4.69, 9.17) is 4.74 Å². The van der Waals surface area contributed by atoms with Crippen LogP contribution in [-0.2, 0) is 14.3 Å². The summed E-state index contributed by atoms with van der Waals surface area (Å²) < 4.78 is 5.46. The van der Waals surface area contributed by atoms with E-state index in [1.165, 1.54) is 231 Å². The molecule has 0 bridgehead atoms. The van der Waals surface area contributed by atoms with Gasteiger partial charge < -0.3 is 20.3 Å². The van der Waals surface area contributed by atoms with E-state index in [-0.39, 0.29) is 18.5 Å². The molecule has 0 rings (SSSR count). The number of aliphatic hydroxyl groups is 2. The van der Waals surface area contributed by atoms with Crippen molar-refractivity contribution in [1.82, 2.24) is 5.32 Å². The molecule has 0 saturated heterocycles. The van der Waals surface area contributed by atoms with Crippen molar-refractivity contribution in [3.63, 3.8) is 0 Å². The van der Waals surface area contributed by atoms with Crippen LogP contribution in [0.15, 0.2) is 24.3 Å². The largest absolute Gasteiger partial charge is 0.466 e. The van der Waals surface area contributed by atoms with E-state index in [0.717, 1.165) is 44.9 Å². The van der Waals surface area contributed by atoms with Crippen LogP contribution in [0.4, 0.5) is 0 Å². The minimum atomic E-state index is -0.840. The van der Waals surface area contributed by atoms with Gasteiger partial charge in [-0.1, -0.05) is 256 Å². The number of allylic oxidation sites excluding steroid dienone is 3. The van der Waals surface area contributed by atoms with Crippen molar-refractivity contribution in [2.75, 3.05) is 13.2 Å². The van der Waals surface area contributed by atoms with Crippen molar-refractivity contribution in [2.24, 2.45) is 0 Å². The van der Waals surface area contributed by atoms with Crippen molar-refractivity contribution >= 4 is 11.9 Å². The van der Waals surface area contributed by atoms with Gasteiger partial charge in [0.1, 0.15) is 0 Å².